The van der Waals surface area contributed by atoms with Crippen molar-refractivity contribution in [1.82, 2.24) is 4.57 Å². The lowest BCUT2D eigenvalue weighted by atomic mass is 10.1. The second-order valence-electron chi connectivity index (χ2n) is 8.01. The zero-order valence-electron chi connectivity index (χ0n) is 18.6. The molecule has 1 atom stereocenters. The summed E-state index contributed by atoms with van der Waals surface area (Å²) in [5.74, 6) is 0.0707. The Balaban J connectivity index is 1.85. The lowest BCUT2D eigenvalue weighted by molar-refractivity contribution is -0.109. The number of hydrogen-bond acceptors (Lipinski definition) is 5. The number of aromatic nitrogens is 1. The first-order valence-corrected chi connectivity index (χ1v) is 11.2. The van der Waals surface area contributed by atoms with Crippen molar-refractivity contribution in [3.8, 4) is 22.9 Å². The molecule has 2 aromatic carbocycles. The van der Waals surface area contributed by atoms with E-state index in [1.807, 2.05) is 30.3 Å². The van der Waals surface area contributed by atoms with Crippen molar-refractivity contribution >= 4 is 0 Å². The van der Waals surface area contributed by atoms with Gasteiger partial charge in [0.2, 0.25) is 17.6 Å². The maximum absolute atomic E-state index is 13.7. The van der Waals surface area contributed by atoms with Crippen LogP contribution in [0.1, 0.15) is 30.4 Å². The maximum Gasteiger partial charge on any atom is 0.230 e. The van der Waals surface area contributed by atoms with Crippen molar-refractivity contribution in [3.63, 3.8) is 0 Å². The van der Waals surface area contributed by atoms with Crippen LogP contribution in [0.15, 0.2) is 59.4 Å². The smallest absolute Gasteiger partial charge is 0.230 e. The van der Waals surface area contributed by atoms with Crippen LogP contribution in [0.5, 0.6) is 11.6 Å². The molecule has 1 saturated heterocycles. The van der Waals surface area contributed by atoms with E-state index in [-0.39, 0.29) is 36.8 Å². The monoisotopic (exact) mass is 453 g/mol. The van der Waals surface area contributed by atoms with E-state index < -0.39 is 6.29 Å². The van der Waals surface area contributed by atoms with E-state index in [0.29, 0.717) is 35.7 Å². The lowest BCUT2D eigenvalue weighted by Gasteiger charge is -2.28. The average Bonchev–Trinajstić information content (AvgIpc) is 2.85. The fourth-order valence-corrected chi connectivity index (χ4v) is 3.95. The summed E-state index contributed by atoms with van der Waals surface area (Å²) in [7, 11) is 0. The number of aliphatic hydroxyl groups excluding tert-OH is 1. The molecule has 4 rings (SSSR count). The van der Waals surface area contributed by atoms with Gasteiger partial charge in [-0.05, 0) is 49.6 Å². The molecule has 0 saturated carbocycles. The molecule has 174 valence electrons. The Kier molecular flexibility index (Phi) is 7.42. The van der Waals surface area contributed by atoms with Crippen LogP contribution >= 0.6 is 0 Å². The first kappa shape index (κ1) is 23.0. The quantitative estimate of drug-likeness (QED) is 0.546. The number of rotatable bonds is 8. The number of nitrogens with zero attached hydrogens (tertiary/aromatic N) is 1. The normalized spacial score (nSPS) is 15.9. The topological polar surface area (TPSA) is 69.9 Å². The number of benzene rings is 2. The van der Waals surface area contributed by atoms with Gasteiger partial charge in [0.05, 0.1) is 24.5 Å². The van der Waals surface area contributed by atoms with Gasteiger partial charge in [0.15, 0.2) is 5.75 Å². The van der Waals surface area contributed by atoms with Crippen molar-refractivity contribution in [2.75, 3.05) is 13.2 Å². The SMILES string of the molecule is Cc1c(OC2CCCCO2)n(CCO)c(-c2ccc(F)cc2)c(OCc2ccccc2)c1=O. The molecule has 1 N–H and O–H groups in total. The predicted molar refractivity (Wildman–Crippen MR) is 123 cm³/mol. The Morgan fingerprint density at radius 3 is 2.55 bits per heavy atom. The maximum atomic E-state index is 13.7. The van der Waals surface area contributed by atoms with Gasteiger partial charge in [-0.1, -0.05) is 30.3 Å². The van der Waals surface area contributed by atoms with E-state index in [4.69, 9.17) is 14.2 Å². The summed E-state index contributed by atoms with van der Waals surface area (Å²) < 4.78 is 33.3. The summed E-state index contributed by atoms with van der Waals surface area (Å²) in [6.45, 7) is 2.44. The van der Waals surface area contributed by atoms with Crippen molar-refractivity contribution in [2.45, 2.75) is 45.6 Å². The number of ether oxygens (including phenoxy) is 3. The highest BCUT2D eigenvalue weighted by Gasteiger charge is 2.26. The van der Waals surface area contributed by atoms with Gasteiger partial charge < -0.3 is 23.9 Å². The molecular weight excluding hydrogens is 425 g/mol. The highest BCUT2D eigenvalue weighted by Crippen LogP contribution is 2.34. The molecule has 0 amide bonds. The third-order valence-electron chi connectivity index (χ3n) is 5.65. The minimum Gasteiger partial charge on any atom is -0.483 e. The Morgan fingerprint density at radius 2 is 1.88 bits per heavy atom. The van der Waals surface area contributed by atoms with E-state index in [1.165, 1.54) is 12.1 Å². The largest absolute Gasteiger partial charge is 0.483 e. The molecule has 6 nitrogen and oxygen atoms in total. The minimum absolute atomic E-state index is 0.133. The zero-order chi connectivity index (χ0) is 23.2. The van der Waals surface area contributed by atoms with E-state index in [9.17, 15) is 14.3 Å². The van der Waals surface area contributed by atoms with Crippen molar-refractivity contribution in [3.05, 3.63) is 81.8 Å². The molecule has 33 heavy (non-hydrogen) atoms. The molecule has 1 aliphatic heterocycles. The number of halogens is 1. The van der Waals surface area contributed by atoms with E-state index in [0.717, 1.165) is 18.4 Å². The van der Waals surface area contributed by atoms with Crippen molar-refractivity contribution in [2.24, 2.45) is 0 Å². The fourth-order valence-electron chi connectivity index (χ4n) is 3.95. The Labute approximate surface area is 192 Å². The third kappa shape index (κ3) is 5.26. The molecule has 1 unspecified atom stereocenters. The predicted octanol–water partition coefficient (Wildman–Crippen LogP) is 4.44. The summed E-state index contributed by atoms with van der Waals surface area (Å²) in [6, 6.07) is 15.4. The molecule has 2 heterocycles. The lowest BCUT2D eigenvalue weighted by Crippen LogP contribution is -2.29. The molecule has 1 fully saturated rings. The van der Waals surface area contributed by atoms with Gasteiger partial charge in [-0.3, -0.25) is 4.79 Å². The van der Waals surface area contributed by atoms with Crippen molar-refractivity contribution in [1.29, 1.82) is 0 Å². The third-order valence-corrected chi connectivity index (χ3v) is 5.65. The van der Waals surface area contributed by atoms with Crippen LogP contribution in [0.25, 0.3) is 11.3 Å². The van der Waals surface area contributed by atoms with E-state index in [2.05, 4.69) is 0 Å². The summed E-state index contributed by atoms with van der Waals surface area (Å²) in [4.78, 5) is 13.5. The van der Waals surface area contributed by atoms with Gasteiger partial charge in [0, 0.05) is 18.5 Å². The molecule has 0 bridgehead atoms. The van der Waals surface area contributed by atoms with Crippen LogP contribution in [0.3, 0.4) is 0 Å². The van der Waals surface area contributed by atoms with Gasteiger partial charge in [-0.15, -0.1) is 0 Å². The Morgan fingerprint density at radius 1 is 1.12 bits per heavy atom. The molecule has 0 radical (unpaired) electrons. The molecule has 3 aromatic rings. The fraction of sp³-hybridized carbons (Fsp3) is 0.346. The second kappa shape index (κ2) is 10.6. The Hall–Kier alpha value is -3.16. The molecule has 0 spiro atoms. The minimum atomic E-state index is -0.473. The molecular formula is C26H28FNO5. The summed E-state index contributed by atoms with van der Waals surface area (Å²) in [5.41, 5.74) is 1.97. The van der Waals surface area contributed by atoms with Crippen molar-refractivity contribution < 1.29 is 23.7 Å². The number of aliphatic hydroxyl groups is 1. The molecule has 1 aromatic heterocycles. The summed E-state index contributed by atoms with van der Waals surface area (Å²) >= 11 is 0. The van der Waals surface area contributed by atoms with Gasteiger partial charge >= 0.3 is 0 Å². The van der Waals surface area contributed by atoms with Crippen LogP contribution in [-0.2, 0) is 17.9 Å². The zero-order valence-corrected chi connectivity index (χ0v) is 18.6. The van der Waals surface area contributed by atoms with Gasteiger partial charge in [-0.2, -0.15) is 0 Å². The highest BCUT2D eigenvalue weighted by atomic mass is 19.1. The standard InChI is InChI=1S/C26H28FNO5/c1-18-24(30)25(32-17-19-7-3-2-4-8-19)23(20-10-12-21(27)13-11-20)28(14-15-29)26(18)33-22-9-5-6-16-31-22/h2-4,7-8,10-13,22,29H,5-6,9,14-17H2,1H3. The summed E-state index contributed by atoms with van der Waals surface area (Å²) in [6.07, 6.45) is 2.18. The number of pyridine rings is 1. The molecule has 1 aliphatic rings. The first-order valence-electron chi connectivity index (χ1n) is 11.2. The Bertz CT molecular complexity index is 1120. The van der Waals surface area contributed by atoms with Gasteiger partial charge in [-0.25, -0.2) is 4.39 Å². The molecule has 7 heteroatoms. The van der Waals surface area contributed by atoms with Crippen LogP contribution in [-0.4, -0.2) is 29.2 Å². The van der Waals surface area contributed by atoms with Crippen LogP contribution in [0.4, 0.5) is 4.39 Å². The second-order valence-corrected chi connectivity index (χ2v) is 8.01. The van der Waals surface area contributed by atoms with E-state index >= 15 is 0 Å². The van der Waals surface area contributed by atoms with Crippen LogP contribution in [0.2, 0.25) is 0 Å². The van der Waals surface area contributed by atoms with E-state index in [1.54, 1.807) is 23.6 Å². The molecule has 0 aliphatic carbocycles. The number of hydrogen-bond donors (Lipinski definition) is 1. The first-order chi connectivity index (χ1) is 16.1. The van der Waals surface area contributed by atoms with Gasteiger partial charge in [0.1, 0.15) is 12.4 Å². The average molecular weight is 454 g/mol. The van der Waals surface area contributed by atoms with Crippen LogP contribution in [0, 0.1) is 12.7 Å². The summed E-state index contributed by atoms with van der Waals surface area (Å²) in [5, 5.41) is 9.84. The highest BCUT2D eigenvalue weighted by molar-refractivity contribution is 5.69. The van der Waals surface area contributed by atoms with Crippen LogP contribution < -0.4 is 14.9 Å². The van der Waals surface area contributed by atoms with Gasteiger partial charge in [0.25, 0.3) is 0 Å².